The minimum absolute atomic E-state index is 0.0252. The fourth-order valence-electron chi connectivity index (χ4n) is 1.35. The smallest absolute Gasteiger partial charge is 0.336 e. The van der Waals surface area contributed by atoms with Crippen molar-refractivity contribution in [3.63, 3.8) is 0 Å². The molecular formula is C14H30O5Si. The van der Waals surface area contributed by atoms with Gasteiger partial charge in [0.2, 0.25) is 0 Å². The minimum atomic E-state index is -2.05. The van der Waals surface area contributed by atoms with Crippen molar-refractivity contribution in [2.24, 2.45) is 0 Å². The molecule has 20 heavy (non-hydrogen) atoms. The second-order valence-corrected chi connectivity index (χ2v) is 11.2. The van der Waals surface area contributed by atoms with Gasteiger partial charge in [0.15, 0.2) is 14.4 Å². The Labute approximate surface area is 124 Å². The number of hydrogen-bond donors (Lipinski definition) is 0. The molecule has 120 valence electrons. The van der Waals surface area contributed by atoms with Gasteiger partial charge < -0.3 is 18.6 Å². The first-order valence-electron chi connectivity index (χ1n) is 6.91. The van der Waals surface area contributed by atoms with Crippen molar-refractivity contribution < 1.29 is 23.4 Å². The van der Waals surface area contributed by atoms with Gasteiger partial charge in [0, 0.05) is 7.11 Å². The Morgan fingerprint density at radius 3 is 2.10 bits per heavy atom. The highest BCUT2D eigenvalue weighted by molar-refractivity contribution is 6.74. The average Bonchev–Trinajstić information content (AvgIpc) is 2.32. The van der Waals surface area contributed by atoms with Crippen LogP contribution in [0.4, 0.5) is 0 Å². The fourth-order valence-corrected chi connectivity index (χ4v) is 2.58. The van der Waals surface area contributed by atoms with Gasteiger partial charge in [0.05, 0.1) is 26.4 Å². The lowest BCUT2D eigenvalue weighted by molar-refractivity contribution is -0.154. The quantitative estimate of drug-likeness (QED) is 0.509. The Hall–Kier alpha value is -0.433. The third kappa shape index (κ3) is 6.34. The first-order valence-corrected chi connectivity index (χ1v) is 9.82. The molecule has 0 heterocycles. The normalized spacial score (nSPS) is 15.8. The van der Waals surface area contributed by atoms with Gasteiger partial charge in [0.1, 0.15) is 0 Å². The lowest BCUT2D eigenvalue weighted by atomic mass is 10.2. The maximum Gasteiger partial charge on any atom is 0.336 e. The topological polar surface area (TPSA) is 54.0 Å². The fraction of sp³-hybridized carbons (Fsp3) is 0.929. The summed E-state index contributed by atoms with van der Waals surface area (Å²) in [5.41, 5.74) is 0. The Balaban J connectivity index is 4.70. The van der Waals surface area contributed by atoms with Crippen LogP contribution in [-0.4, -0.2) is 53.9 Å². The van der Waals surface area contributed by atoms with Gasteiger partial charge in [-0.3, -0.25) is 0 Å². The van der Waals surface area contributed by atoms with E-state index in [0.717, 1.165) is 0 Å². The minimum Gasteiger partial charge on any atom is -0.467 e. The molecule has 0 aliphatic carbocycles. The summed E-state index contributed by atoms with van der Waals surface area (Å²) in [5.74, 6) is -0.389. The molecule has 0 aromatic carbocycles. The molecule has 0 aromatic heterocycles. The van der Waals surface area contributed by atoms with E-state index >= 15 is 0 Å². The van der Waals surface area contributed by atoms with Crippen molar-refractivity contribution in [2.45, 2.75) is 58.0 Å². The zero-order valence-corrected chi connectivity index (χ0v) is 15.1. The van der Waals surface area contributed by atoms with Crippen molar-refractivity contribution in [2.75, 3.05) is 27.4 Å². The van der Waals surface area contributed by atoms with Crippen LogP contribution in [0.15, 0.2) is 0 Å². The van der Waals surface area contributed by atoms with Crippen LogP contribution in [0.5, 0.6) is 0 Å². The third-order valence-electron chi connectivity index (χ3n) is 3.64. The van der Waals surface area contributed by atoms with E-state index in [4.69, 9.17) is 18.6 Å². The summed E-state index contributed by atoms with van der Waals surface area (Å²) in [7, 11) is 0.929. The Bertz CT molecular complexity index is 298. The lowest BCUT2D eigenvalue weighted by Gasteiger charge is -2.38. The highest BCUT2D eigenvalue weighted by Gasteiger charge is 2.41. The summed E-state index contributed by atoms with van der Waals surface area (Å²) < 4.78 is 21.5. The maximum atomic E-state index is 11.9. The van der Waals surface area contributed by atoms with Crippen LogP contribution in [0.2, 0.25) is 18.1 Å². The summed E-state index contributed by atoms with van der Waals surface area (Å²) in [6.07, 6.45) is -0.768. The van der Waals surface area contributed by atoms with Crippen LogP contribution in [0.3, 0.4) is 0 Å². The summed E-state index contributed by atoms with van der Waals surface area (Å²) in [5, 5.41) is 0.0252. The van der Waals surface area contributed by atoms with Gasteiger partial charge in [-0.2, -0.15) is 0 Å². The van der Waals surface area contributed by atoms with E-state index in [1.54, 1.807) is 7.11 Å². The molecule has 0 aromatic rings. The van der Waals surface area contributed by atoms with Gasteiger partial charge >= 0.3 is 5.97 Å². The molecular weight excluding hydrogens is 276 g/mol. The highest BCUT2D eigenvalue weighted by atomic mass is 28.4. The van der Waals surface area contributed by atoms with Crippen LogP contribution in [0.1, 0.15) is 27.7 Å². The number of carbonyl (C=O) groups is 1. The van der Waals surface area contributed by atoms with E-state index in [0.29, 0.717) is 6.61 Å². The van der Waals surface area contributed by atoms with Crippen molar-refractivity contribution in [3.05, 3.63) is 0 Å². The molecule has 0 fully saturated rings. The second kappa shape index (κ2) is 8.12. The van der Waals surface area contributed by atoms with Crippen LogP contribution in [-0.2, 0) is 23.4 Å². The van der Waals surface area contributed by atoms with Crippen LogP contribution in [0, 0.1) is 0 Å². The average molecular weight is 306 g/mol. The molecule has 0 saturated carbocycles. The molecule has 0 spiro atoms. The SMILES string of the molecule is COCC(C)OCC(O[Si](C)(C)C(C)(C)C)C(=O)OC. The maximum absolute atomic E-state index is 11.9. The van der Waals surface area contributed by atoms with E-state index in [-0.39, 0.29) is 23.7 Å². The van der Waals surface area contributed by atoms with Gasteiger partial charge in [-0.15, -0.1) is 0 Å². The molecule has 2 unspecified atom stereocenters. The molecule has 2 atom stereocenters. The Morgan fingerprint density at radius 2 is 1.70 bits per heavy atom. The van der Waals surface area contributed by atoms with Gasteiger partial charge in [0.25, 0.3) is 0 Å². The van der Waals surface area contributed by atoms with E-state index < -0.39 is 14.4 Å². The van der Waals surface area contributed by atoms with Gasteiger partial charge in [-0.25, -0.2) is 4.79 Å². The molecule has 0 saturated heterocycles. The number of methoxy groups -OCH3 is 2. The first kappa shape index (κ1) is 19.6. The zero-order valence-electron chi connectivity index (χ0n) is 14.1. The van der Waals surface area contributed by atoms with Crippen LogP contribution < -0.4 is 0 Å². The Kier molecular flexibility index (Phi) is 7.94. The molecule has 5 nitrogen and oxygen atoms in total. The van der Waals surface area contributed by atoms with Gasteiger partial charge in [-0.05, 0) is 25.1 Å². The number of rotatable bonds is 8. The number of ether oxygens (including phenoxy) is 3. The molecule has 0 N–H and O–H groups in total. The second-order valence-electron chi connectivity index (χ2n) is 6.49. The first-order chi connectivity index (χ1) is 9.05. The largest absolute Gasteiger partial charge is 0.467 e. The molecule has 0 aliphatic rings. The molecule has 0 amide bonds. The highest BCUT2D eigenvalue weighted by Crippen LogP contribution is 2.37. The van der Waals surface area contributed by atoms with Crippen molar-refractivity contribution >= 4 is 14.3 Å². The molecule has 0 aliphatic heterocycles. The van der Waals surface area contributed by atoms with Crippen molar-refractivity contribution in [3.8, 4) is 0 Å². The van der Waals surface area contributed by atoms with E-state index in [1.165, 1.54) is 7.11 Å². The standard InChI is InChI=1S/C14H30O5Si/c1-11(9-16-5)18-10-12(13(15)17-6)19-20(7,8)14(2,3)4/h11-12H,9-10H2,1-8H3. The number of esters is 1. The van der Waals surface area contributed by atoms with Crippen molar-refractivity contribution in [1.82, 2.24) is 0 Å². The summed E-state index contributed by atoms with van der Waals surface area (Å²) >= 11 is 0. The van der Waals surface area contributed by atoms with Crippen molar-refractivity contribution in [1.29, 1.82) is 0 Å². The lowest BCUT2D eigenvalue weighted by Crippen LogP contribution is -2.48. The summed E-state index contributed by atoms with van der Waals surface area (Å²) in [6.45, 7) is 13.1. The third-order valence-corrected chi connectivity index (χ3v) is 8.13. The van der Waals surface area contributed by atoms with Gasteiger partial charge in [-0.1, -0.05) is 20.8 Å². The predicted octanol–water partition coefficient (Wildman–Crippen LogP) is 2.60. The number of hydrogen-bond acceptors (Lipinski definition) is 5. The molecule has 0 bridgehead atoms. The summed E-state index contributed by atoms with van der Waals surface area (Å²) in [6, 6.07) is 0. The van der Waals surface area contributed by atoms with E-state index in [1.807, 2.05) is 6.92 Å². The van der Waals surface area contributed by atoms with E-state index in [9.17, 15) is 4.79 Å². The molecule has 0 rings (SSSR count). The monoisotopic (exact) mass is 306 g/mol. The Morgan fingerprint density at radius 1 is 1.15 bits per heavy atom. The summed E-state index contributed by atoms with van der Waals surface area (Å²) in [4.78, 5) is 11.9. The zero-order chi connectivity index (χ0) is 16.0. The molecule has 6 heteroatoms. The van der Waals surface area contributed by atoms with E-state index in [2.05, 4.69) is 33.9 Å². The number of carbonyl (C=O) groups excluding carboxylic acids is 1. The van der Waals surface area contributed by atoms with Crippen LogP contribution in [0.25, 0.3) is 0 Å². The predicted molar refractivity (Wildman–Crippen MR) is 81.4 cm³/mol. The molecule has 0 radical (unpaired) electrons. The van der Waals surface area contributed by atoms with Crippen LogP contribution >= 0.6 is 0 Å².